The molecule has 0 spiro atoms. The number of ether oxygens (including phenoxy) is 2. The van der Waals surface area contributed by atoms with Crippen LogP contribution >= 0.6 is 0 Å². The number of benzene rings is 1. The van der Waals surface area contributed by atoms with Crippen LogP contribution in [-0.4, -0.2) is 59.1 Å². The molecule has 26 heavy (non-hydrogen) atoms. The van der Waals surface area contributed by atoms with E-state index in [1.807, 2.05) is 41.4 Å². The fourth-order valence-electron chi connectivity index (χ4n) is 4.46. The van der Waals surface area contributed by atoms with Crippen LogP contribution in [0.25, 0.3) is 5.69 Å². The van der Waals surface area contributed by atoms with Gasteiger partial charge in [0.25, 0.3) is 5.91 Å². The maximum absolute atomic E-state index is 13.2. The van der Waals surface area contributed by atoms with E-state index in [-0.39, 0.29) is 23.7 Å². The summed E-state index contributed by atoms with van der Waals surface area (Å²) >= 11 is 0. The largest absolute Gasteiger partial charge is 0.381 e. The Hall–Kier alpha value is -2.18. The summed E-state index contributed by atoms with van der Waals surface area (Å²) < 4.78 is 13.3. The summed E-state index contributed by atoms with van der Waals surface area (Å²) in [5.74, 6) is 0.0673. The first kappa shape index (κ1) is 17.2. The minimum atomic E-state index is -0.223. The molecule has 0 unspecified atom stereocenters. The summed E-state index contributed by atoms with van der Waals surface area (Å²) in [5.41, 5.74) is 1.42. The number of likely N-dealkylation sites (tertiary alicyclic amines) is 1. The average Bonchev–Trinajstić information content (AvgIpc) is 3.35. The highest BCUT2D eigenvalue weighted by atomic mass is 16.5. The lowest BCUT2D eigenvalue weighted by atomic mass is 9.79. The molecule has 2 heterocycles. The summed E-state index contributed by atoms with van der Waals surface area (Å²) in [7, 11) is 3.52. The van der Waals surface area contributed by atoms with E-state index < -0.39 is 0 Å². The SMILES string of the molecule is CO[C@@H]1CC[C@@]2(OC)CCN(C(=O)c3ccc(-n4cccn4)cc3)[C@H]2C1. The van der Waals surface area contributed by atoms with E-state index >= 15 is 0 Å². The van der Waals surface area contributed by atoms with Crippen molar-refractivity contribution >= 4 is 5.91 Å². The Labute approximate surface area is 153 Å². The summed E-state index contributed by atoms with van der Waals surface area (Å²) in [6.45, 7) is 0.731. The summed E-state index contributed by atoms with van der Waals surface area (Å²) in [6, 6.07) is 9.57. The number of rotatable bonds is 4. The maximum Gasteiger partial charge on any atom is 0.254 e. The molecule has 1 saturated carbocycles. The summed E-state index contributed by atoms with van der Waals surface area (Å²) in [4.78, 5) is 15.1. The highest BCUT2D eigenvalue weighted by molar-refractivity contribution is 5.95. The van der Waals surface area contributed by atoms with Crippen LogP contribution in [0.4, 0.5) is 0 Å². The number of hydrogen-bond donors (Lipinski definition) is 0. The number of aromatic nitrogens is 2. The molecule has 1 aliphatic carbocycles. The van der Waals surface area contributed by atoms with Crippen molar-refractivity contribution in [1.82, 2.24) is 14.7 Å². The molecule has 138 valence electrons. The molecule has 0 radical (unpaired) electrons. The maximum atomic E-state index is 13.2. The quantitative estimate of drug-likeness (QED) is 0.846. The molecular weight excluding hydrogens is 330 g/mol. The molecule has 2 aromatic rings. The van der Waals surface area contributed by atoms with Gasteiger partial charge in [-0.1, -0.05) is 0 Å². The third-order valence-electron chi connectivity index (χ3n) is 6.02. The third kappa shape index (κ3) is 2.83. The highest BCUT2D eigenvalue weighted by Gasteiger charge is 2.52. The highest BCUT2D eigenvalue weighted by Crippen LogP contribution is 2.43. The smallest absolute Gasteiger partial charge is 0.254 e. The number of amides is 1. The van der Waals surface area contributed by atoms with Gasteiger partial charge in [-0.15, -0.1) is 0 Å². The summed E-state index contributed by atoms with van der Waals surface area (Å²) in [6.07, 6.45) is 7.47. The molecule has 0 N–H and O–H groups in total. The van der Waals surface area contributed by atoms with Crippen molar-refractivity contribution in [3.63, 3.8) is 0 Å². The second kappa shape index (κ2) is 6.85. The van der Waals surface area contributed by atoms with E-state index in [9.17, 15) is 4.79 Å². The predicted octanol–water partition coefficient (Wildman–Crippen LogP) is 2.67. The molecule has 0 bridgehead atoms. The Morgan fingerprint density at radius 1 is 1.23 bits per heavy atom. The van der Waals surface area contributed by atoms with Crippen molar-refractivity contribution in [3.8, 4) is 5.69 Å². The van der Waals surface area contributed by atoms with Gasteiger partial charge in [-0.25, -0.2) is 4.68 Å². The number of fused-ring (bicyclic) bond motifs is 1. The lowest BCUT2D eigenvalue weighted by Gasteiger charge is -2.43. The first-order valence-electron chi connectivity index (χ1n) is 9.16. The molecule has 1 saturated heterocycles. The van der Waals surface area contributed by atoms with Crippen LogP contribution in [0.5, 0.6) is 0 Å². The molecule has 4 rings (SSSR count). The van der Waals surface area contributed by atoms with E-state index in [1.54, 1.807) is 25.1 Å². The van der Waals surface area contributed by atoms with Crippen molar-refractivity contribution in [1.29, 1.82) is 0 Å². The van der Waals surface area contributed by atoms with E-state index in [0.717, 1.165) is 37.9 Å². The molecule has 1 aromatic heterocycles. The van der Waals surface area contributed by atoms with Crippen LogP contribution in [0.3, 0.4) is 0 Å². The van der Waals surface area contributed by atoms with Gasteiger partial charge in [0, 0.05) is 38.7 Å². The predicted molar refractivity (Wildman–Crippen MR) is 97.4 cm³/mol. The molecule has 3 atom stereocenters. The van der Waals surface area contributed by atoms with Crippen LogP contribution in [0.2, 0.25) is 0 Å². The first-order chi connectivity index (χ1) is 12.7. The first-order valence-corrected chi connectivity index (χ1v) is 9.16. The number of carbonyl (C=O) groups excluding carboxylic acids is 1. The zero-order valence-electron chi connectivity index (χ0n) is 15.3. The van der Waals surface area contributed by atoms with Crippen LogP contribution in [0, 0.1) is 0 Å². The van der Waals surface area contributed by atoms with Crippen LogP contribution in [0.15, 0.2) is 42.7 Å². The van der Waals surface area contributed by atoms with Crippen molar-refractivity contribution in [2.45, 2.75) is 43.4 Å². The molecule has 6 heteroatoms. The van der Waals surface area contributed by atoms with E-state index in [1.165, 1.54) is 0 Å². The second-order valence-corrected chi connectivity index (χ2v) is 7.16. The number of carbonyl (C=O) groups is 1. The molecule has 1 aliphatic heterocycles. The van der Waals surface area contributed by atoms with Gasteiger partial charge in [0.2, 0.25) is 0 Å². The van der Waals surface area contributed by atoms with Gasteiger partial charge in [0.05, 0.1) is 23.4 Å². The Kier molecular flexibility index (Phi) is 4.54. The van der Waals surface area contributed by atoms with Gasteiger partial charge < -0.3 is 14.4 Å². The number of nitrogens with zero attached hydrogens (tertiary/aromatic N) is 3. The topological polar surface area (TPSA) is 56.6 Å². The molecule has 2 aliphatic rings. The van der Waals surface area contributed by atoms with E-state index in [4.69, 9.17) is 9.47 Å². The van der Waals surface area contributed by atoms with Gasteiger partial charge in [0.1, 0.15) is 0 Å². The Morgan fingerprint density at radius 3 is 2.69 bits per heavy atom. The van der Waals surface area contributed by atoms with Crippen LogP contribution in [-0.2, 0) is 9.47 Å². The van der Waals surface area contributed by atoms with E-state index in [0.29, 0.717) is 5.56 Å². The lowest BCUT2D eigenvalue weighted by molar-refractivity contribution is -0.0893. The minimum Gasteiger partial charge on any atom is -0.381 e. The molecule has 6 nitrogen and oxygen atoms in total. The standard InChI is InChI=1S/C20H25N3O3/c1-25-17-8-9-20(26-2)10-13-22(18(20)14-17)19(24)15-4-6-16(7-5-15)23-12-3-11-21-23/h3-7,11-12,17-18H,8-10,13-14H2,1-2H3/t17-,18+,20-/m1/s1. The van der Waals surface area contributed by atoms with Crippen LogP contribution < -0.4 is 0 Å². The second-order valence-electron chi connectivity index (χ2n) is 7.16. The normalized spacial score (nSPS) is 28.2. The number of hydrogen-bond acceptors (Lipinski definition) is 4. The van der Waals surface area contributed by atoms with Gasteiger partial charge in [-0.2, -0.15) is 5.10 Å². The van der Waals surface area contributed by atoms with Crippen molar-refractivity contribution < 1.29 is 14.3 Å². The monoisotopic (exact) mass is 355 g/mol. The third-order valence-corrected chi connectivity index (χ3v) is 6.02. The van der Waals surface area contributed by atoms with Gasteiger partial charge in [0.15, 0.2) is 0 Å². The fourth-order valence-corrected chi connectivity index (χ4v) is 4.46. The van der Waals surface area contributed by atoms with E-state index in [2.05, 4.69) is 5.10 Å². The lowest BCUT2D eigenvalue weighted by Crippen LogP contribution is -2.53. The fraction of sp³-hybridized carbons (Fsp3) is 0.500. The number of methoxy groups -OCH3 is 2. The minimum absolute atomic E-state index is 0.0673. The molecule has 1 amide bonds. The summed E-state index contributed by atoms with van der Waals surface area (Å²) in [5, 5.41) is 4.22. The van der Waals surface area contributed by atoms with Gasteiger partial charge >= 0.3 is 0 Å². The average molecular weight is 355 g/mol. The van der Waals surface area contributed by atoms with Gasteiger partial charge in [-0.05, 0) is 56.0 Å². The zero-order valence-corrected chi connectivity index (χ0v) is 15.3. The van der Waals surface area contributed by atoms with Gasteiger partial charge in [-0.3, -0.25) is 4.79 Å². The molecule has 2 fully saturated rings. The van der Waals surface area contributed by atoms with Crippen LogP contribution in [0.1, 0.15) is 36.0 Å². The zero-order chi connectivity index (χ0) is 18.1. The Morgan fingerprint density at radius 2 is 2.04 bits per heavy atom. The van der Waals surface area contributed by atoms with Crippen molar-refractivity contribution in [3.05, 3.63) is 48.3 Å². The Bertz CT molecular complexity index is 759. The van der Waals surface area contributed by atoms with Crippen molar-refractivity contribution in [2.24, 2.45) is 0 Å². The molecular formula is C20H25N3O3. The molecule has 1 aromatic carbocycles. The van der Waals surface area contributed by atoms with Crippen molar-refractivity contribution in [2.75, 3.05) is 20.8 Å². The Balaban J connectivity index is 1.55.